The van der Waals surface area contributed by atoms with Crippen LogP contribution in [0.25, 0.3) is 0 Å². The molecule has 0 spiro atoms. The summed E-state index contributed by atoms with van der Waals surface area (Å²) in [7, 11) is 0. The monoisotopic (exact) mass is 459 g/mol. The number of hydrogen-bond donors (Lipinski definition) is 2. The Morgan fingerprint density at radius 3 is 2.52 bits per heavy atom. The maximum Gasteiger partial charge on any atom is 0.289 e. The third-order valence-corrected chi connectivity index (χ3v) is 6.19. The van der Waals surface area contributed by atoms with Gasteiger partial charge in [-0.25, -0.2) is 9.97 Å². The average Bonchev–Trinajstić information content (AvgIpc) is 3.46. The Hall–Kier alpha value is -3.02. The topological polar surface area (TPSA) is 106 Å². The van der Waals surface area contributed by atoms with Gasteiger partial charge < -0.3 is 14.4 Å². The molecule has 0 aliphatic carbocycles. The van der Waals surface area contributed by atoms with Crippen molar-refractivity contribution in [3.63, 3.8) is 0 Å². The maximum atomic E-state index is 12.3. The average molecular weight is 460 g/mol. The largest absolute Gasteiger partial charge is 0.487 e. The van der Waals surface area contributed by atoms with Crippen molar-refractivity contribution in [1.82, 2.24) is 20.8 Å². The number of aromatic nitrogens is 2. The number of hydrazine groups is 1. The highest BCUT2D eigenvalue weighted by atomic mass is 32.1. The van der Waals surface area contributed by atoms with Crippen LogP contribution in [0.1, 0.15) is 31.5 Å². The van der Waals surface area contributed by atoms with Gasteiger partial charge in [0.2, 0.25) is 0 Å². The molecule has 2 N–H and O–H groups in total. The number of carbonyl (C=O) groups excluding carboxylic acids is 2. The van der Waals surface area contributed by atoms with Gasteiger partial charge >= 0.3 is 0 Å². The number of hydrogen-bond acceptors (Lipinski definition) is 9. The van der Waals surface area contributed by atoms with Crippen molar-refractivity contribution in [2.45, 2.75) is 13.5 Å². The third kappa shape index (κ3) is 5.57. The molecule has 2 amide bonds. The summed E-state index contributed by atoms with van der Waals surface area (Å²) in [4.78, 5) is 35.4. The van der Waals surface area contributed by atoms with E-state index in [1.54, 1.807) is 41.0 Å². The molecule has 1 aromatic carbocycles. The smallest absolute Gasteiger partial charge is 0.289 e. The van der Waals surface area contributed by atoms with Crippen LogP contribution in [0.4, 0.5) is 5.13 Å². The standard InChI is InChI=1S/C20H21N5O4S2/c1-13-21-15(11-30-13)10-29-16-4-2-14(3-5-16)18(26)23-24-19(27)17-12-31-20(22-17)25-6-8-28-9-7-25/h2-5,11-12H,6-10H2,1H3,(H,23,26)(H,24,27). The molecule has 162 valence electrons. The first-order valence-electron chi connectivity index (χ1n) is 9.61. The lowest BCUT2D eigenvalue weighted by molar-refractivity contribution is 0.0844. The van der Waals surface area contributed by atoms with E-state index in [1.165, 1.54) is 11.3 Å². The van der Waals surface area contributed by atoms with E-state index in [1.807, 2.05) is 12.3 Å². The van der Waals surface area contributed by atoms with Crippen LogP contribution in [0.2, 0.25) is 0 Å². The Kier molecular flexibility index (Phi) is 6.75. The van der Waals surface area contributed by atoms with Gasteiger partial charge in [-0.2, -0.15) is 0 Å². The molecule has 2 aromatic heterocycles. The van der Waals surface area contributed by atoms with Gasteiger partial charge in [0, 0.05) is 29.4 Å². The Balaban J connectivity index is 1.26. The minimum atomic E-state index is -0.470. The highest BCUT2D eigenvalue weighted by Crippen LogP contribution is 2.21. The molecule has 31 heavy (non-hydrogen) atoms. The van der Waals surface area contributed by atoms with Crippen molar-refractivity contribution < 1.29 is 19.1 Å². The van der Waals surface area contributed by atoms with Crippen LogP contribution in [-0.4, -0.2) is 48.1 Å². The van der Waals surface area contributed by atoms with E-state index in [4.69, 9.17) is 9.47 Å². The highest BCUT2D eigenvalue weighted by Gasteiger charge is 2.18. The maximum absolute atomic E-state index is 12.3. The molecular formula is C20H21N5O4S2. The number of morpholine rings is 1. The predicted octanol–water partition coefficient (Wildman–Crippen LogP) is 2.40. The fourth-order valence-electron chi connectivity index (χ4n) is 2.85. The zero-order valence-corrected chi connectivity index (χ0v) is 18.4. The highest BCUT2D eigenvalue weighted by molar-refractivity contribution is 7.14. The molecule has 0 saturated carbocycles. The first-order valence-corrected chi connectivity index (χ1v) is 11.4. The lowest BCUT2D eigenvalue weighted by atomic mass is 10.2. The van der Waals surface area contributed by atoms with Crippen molar-refractivity contribution in [3.8, 4) is 5.75 Å². The molecule has 1 fully saturated rings. The first kappa shape index (κ1) is 21.2. The van der Waals surface area contributed by atoms with Crippen molar-refractivity contribution in [2.75, 3.05) is 31.2 Å². The van der Waals surface area contributed by atoms with Crippen LogP contribution < -0.4 is 20.5 Å². The Bertz CT molecular complexity index is 1040. The molecule has 11 heteroatoms. The molecular weight excluding hydrogens is 438 g/mol. The molecule has 0 radical (unpaired) electrons. The molecule has 4 rings (SSSR count). The van der Waals surface area contributed by atoms with Crippen molar-refractivity contribution in [1.29, 1.82) is 0 Å². The van der Waals surface area contributed by atoms with E-state index < -0.39 is 11.8 Å². The number of thiazole rings is 2. The molecule has 1 aliphatic rings. The Morgan fingerprint density at radius 2 is 1.81 bits per heavy atom. The first-order chi connectivity index (χ1) is 15.1. The van der Waals surface area contributed by atoms with Gasteiger partial charge in [-0.1, -0.05) is 0 Å². The zero-order chi connectivity index (χ0) is 21.6. The number of amides is 2. The molecule has 0 unspecified atom stereocenters. The molecule has 0 bridgehead atoms. The molecule has 1 saturated heterocycles. The van der Waals surface area contributed by atoms with Gasteiger partial charge in [0.25, 0.3) is 11.8 Å². The molecule has 0 atom stereocenters. The minimum Gasteiger partial charge on any atom is -0.487 e. The van der Waals surface area contributed by atoms with Crippen LogP contribution in [-0.2, 0) is 11.3 Å². The van der Waals surface area contributed by atoms with Crippen molar-refractivity contribution in [2.24, 2.45) is 0 Å². The summed E-state index contributed by atoms with van der Waals surface area (Å²) in [5.74, 6) is -0.273. The number of aryl methyl sites for hydroxylation is 1. The van der Waals surface area contributed by atoms with Gasteiger partial charge in [-0.3, -0.25) is 20.4 Å². The van der Waals surface area contributed by atoms with E-state index in [2.05, 4.69) is 25.7 Å². The summed E-state index contributed by atoms with van der Waals surface area (Å²) >= 11 is 2.96. The van der Waals surface area contributed by atoms with Crippen LogP contribution in [0.15, 0.2) is 35.0 Å². The molecule has 3 heterocycles. The number of nitrogens with zero attached hydrogens (tertiary/aromatic N) is 3. The van der Waals surface area contributed by atoms with Crippen LogP contribution >= 0.6 is 22.7 Å². The van der Waals surface area contributed by atoms with Crippen LogP contribution in [0.3, 0.4) is 0 Å². The minimum absolute atomic E-state index is 0.257. The number of rotatable bonds is 6. The summed E-state index contributed by atoms with van der Waals surface area (Å²) in [6, 6.07) is 6.65. The van der Waals surface area contributed by atoms with Gasteiger partial charge in [-0.05, 0) is 31.2 Å². The van der Waals surface area contributed by atoms with E-state index in [0.717, 1.165) is 28.9 Å². The SMILES string of the molecule is Cc1nc(COc2ccc(C(=O)NNC(=O)c3csc(N4CCOCC4)n3)cc2)cs1. The summed E-state index contributed by atoms with van der Waals surface area (Å²) in [6.07, 6.45) is 0. The van der Waals surface area contributed by atoms with E-state index in [-0.39, 0.29) is 5.69 Å². The summed E-state index contributed by atoms with van der Waals surface area (Å²) in [5.41, 5.74) is 6.33. The lowest BCUT2D eigenvalue weighted by Gasteiger charge is -2.25. The third-order valence-electron chi connectivity index (χ3n) is 4.47. The molecule has 9 nitrogen and oxygen atoms in total. The van der Waals surface area contributed by atoms with Gasteiger partial charge in [0.15, 0.2) is 5.13 Å². The van der Waals surface area contributed by atoms with Crippen molar-refractivity contribution >= 4 is 39.6 Å². The van der Waals surface area contributed by atoms with Gasteiger partial charge in [-0.15, -0.1) is 22.7 Å². The number of nitrogens with one attached hydrogen (secondary N) is 2. The molecule has 3 aromatic rings. The number of anilines is 1. The van der Waals surface area contributed by atoms with E-state index >= 15 is 0 Å². The Morgan fingerprint density at radius 1 is 1.06 bits per heavy atom. The summed E-state index contributed by atoms with van der Waals surface area (Å²) < 4.78 is 11.0. The lowest BCUT2D eigenvalue weighted by Crippen LogP contribution is -2.41. The van der Waals surface area contributed by atoms with Gasteiger partial charge in [0.1, 0.15) is 18.1 Å². The second kappa shape index (κ2) is 9.86. The quantitative estimate of drug-likeness (QED) is 0.545. The van der Waals surface area contributed by atoms with E-state index in [9.17, 15) is 9.59 Å². The Labute approximate surface area is 187 Å². The number of carbonyl (C=O) groups is 2. The second-order valence-electron chi connectivity index (χ2n) is 6.69. The zero-order valence-electron chi connectivity index (χ0n) is 16.8. The van der Waals surface area contributed by atoms with Crippen molar-refractivity contribution in [3.05, 3.63) is 57.0 Å². The summed E-state index contributed by atoms with van der Waals surface area (Å²) in [5, 5.41) is 5.37. The van der Waals surface area contributed by atoms with Crippen LogP contribution in [0, 0.1) is 6.92 Å². The second-order valence-corrected chi connectivity index (χ2v) is 8.59. The van der Waals surface area contributed by atoms with Crippen LogP contribution in [0.5, 0.6) is 5.75 Å². The fraction of sp³-hybridized carbons (Fsp3) is 0.300. The summed E-state index contributed by atoms with van der Waals surface area (Å²) in [6.45, 7) is 5.09. The number of ether oxygens (including phenoxy) is 2. The predicted molar refractivity (Wildman–Crippen MR) is 118 cm³/mol. The molecule has 1 aliphatic heterocycles. The van der Waals surface area contributed by atoms with E-state index in [0.29, 0.717) is 31.1 Å². The number of benzene rings is 1. The fourth-order valence-corrected chi connectivity index (χ4v) is 4.31. The van der Waals surface area contributed by atoms with Gasteiger partial charge in [0.05, 0.1) is 23.9 Å². The normalized spacial score (nSPS) is 13.6.